The second-order valence-electron chi connectivity index (χ2n) is 9.30. The number of carbonyl (C=O) groups is 1. The molecule has 0 saturated heterocycles. The van der Waals surface area contributed by atoms with Crippen molar-refractivity contribution in [2.24, 2.45) is 5.92 Å². The van der Waals surface area contributed by atoms with Crippen LogP contribution in [0.2, 0.25) is 0 Å². The Balaban J connectivity index is 1.62. The van der Waals surface area contributed by atoms with Gasteiger partial charge < -0.3 is 14.8 Å². The number of rotatable bonds is 4. The van der Waals surface area contributed by atoms with Crippen LogP contribution in [0.1, 0.15) is 66.4 Å². The van der Waals surface area contributed by atoms with E-state index in [0.29, 0.717) is 19.0 Å². The summed E-state index contributed by atoms with van der Waals surface area (Å²) in [4.78, 5) is 16.9. The van der Waals surface area contributed by atoms with Crippen molar-refractivity contribution in [1.82, 2.24) is 14.8 Å². The second-order valence-corrected chi connectivity index (χ2v) is 10.4. The summed E-state index contributed by atoms with van der Waals surface area (Å²) < 4.78 is 16.5. The van der Waals surface area contributed by atoms with Crippen molar-refractivity contribution in [2.45, 2.75) is 58.5 Å². The fourth-order valence-electron chi connectivity index (χ4n) is 4.98. The summed E-state index contributed by atoms with van der Waals surface area (Å²) >= 11 is 1.86. The predicted molar refractivity (Wildman–Crippen MR) is 127 cm³/mol. The molecule has 2 aliphatic rings. The van der Waals surface area contributed by atoms with Gasteiger partial charge in [0.1, 0.15) is 10.8 Å². The molecule has 3 aromatic rings. The van der Waals surface area contributed by atoms with Crippen molar-refractivity contribution in [3.63, 3.8) is 0 Å². The Bertz CT molecular complexity index is 1130. The summed E-state index contributed by atoms with van der Waals surface area (Å²) in [5.74, 6) is 0.239. The fraction of sp³-hybridized carbons (Fsp3) is 0.423. The molecule has 5 rings (SSSR count). The number of nitrogens with zero attached hydrogens (tertiary/aromatic N) is 2. The Morgan fingerprint density at radius 1 is 1.19 bits per heavy atom. The molecule has 0 spiro atoms. The Labute approximate surface area is 193 Å². The molecule has 3 heterocycles. The fourth-order valence-corrected chi connectivity index (χ4v) is 6.39. The first-order chi connectivity index (χ1) is 15.5. The Kier molecular flexibility index (Phi) is 5.80. The smallest absolute Gasteiger partial charge is 0.318 e. The van der Waals surface area contributed by atoms with E-state index in [1.54, 1.807) is 12.1 Å². The van der Waals surface area contributed by atoms with Crippen LogP contribution in [0, 0.1) is 11.7 Å². The van der Waals surface area contributed by atoms with Crippen LogP contribution in [-0.2, 0) is 19.4 Å². The molecule has 1 aliphatic carbocycles. The molecule has 1 unspecified atom stereocenters. The lowest BCUT2D eigenvalue weighted by Crippen LogP contribution is -2.42. The number of amides is 2. The van der Waals surface area contributed by atoms with Crippen LogP contribution in [0.15, 0.2) is 42.6 Å². The third-order valence-electron chi connectivity index (χ3n) is 6.60. The number of halogens is 1. The van der Waals surface area contributed by atoms with Gasteiger partial charge in [0.25, 0.3) is 0 Å². The summed E-state index contributed by atoms with van der Waals surface area (Å²) in [6.45, 7) is 5.49. The lowest BCUT2D eigenvalue weighted by atomic mass is 9.95. The number of thiophene rings is 1. The highest BCUT2D eigenvalue weighted by molar-refractivity contribution is 7.15. The standard InChI is InChI=1S/C26H30FN3OS/c1-17(2)12-13-28-26(31)30-16-21-20-9-3-4-11-23(20)32-25(21)29-14-6-10-22(29)24(30)18-7-5-8-19(27)15-18/h5-8,10,14-15,17,24H,3-4,9,11-13,16H2,1-2H3,(H,28,31). The molecule has 1 aromatic carbocycles. The summed E-state index contributed by atoms with van der Waals surface area (Å²) in [6.07, 6.45) is 7.64. The first kappa shape index (κ1) is 21.3. The maximum absolute atomic E-state index is 14.2. The Morgan fingerprint density at radius 3 is 2.84 bits per heavy atom. The lowest BCUT2D eigenvalue weighted by molar-refractivity contribution is 0.180. The van der Waals surface area contributed by atoms with Crippen molar-refractivity contribution in [1.29, 1.82) is 0 Å². The van der Waals surface area contributed by atoms with E-state index in [0.717, 1.165) is 30.5 Å². The van der Waals surface area contributed by atoms with Gasteiger partial charge in [0.05, 0.1) is 18.3 Å². The third kappa shape index (κ3) is 3.85. The topological polar surface area (TPSA) is 37.3 Å². The Hall–Kier alpha value is -2.60. The number of nitrogens with one attached hydrogen (secondary N) is 1. The van der Waals surface area contributed by atoms with Crippen LogP contribution in [0.3, 0.4) is 0 Å². The van der Waals surface area contributed by atoms with Crippen LogP contribution in [0.25, 0.3) is 5.00 Å². The molecule has 2 amide bonds. The largest absolute Gasteiger partial charge is 0.338 e. The average molecular weight is 452 g/mol. The average Bonchev–Trinajstić information content (AvgIpc) is 3.35. The van der Waals surface area contributed by atoms with E-state index in [1.165, 1.54) is 39.9 Å². The molecule has 1 N–H and O–H groups in total. The van der Waals surface area contributed by atoms with Gasteiger partial charge in [-0.1, -0.05) is 26.0 Å². The number of carbonyl (C=O) groups excluding carboxylic acids is 1. The van der Waals surface area contributed by atoms with E-state index in [1.807, 2.05) is 28.4 Å². The molecule has 0 radical (unpaired) electrons. The van der Waals surface area contributed by atoms with Crippen LogP contribution in [0.4, 0.5) is 9.18 Å². The van der Waals surface area contributed by atoms with Crippen molar-refractivity contribution in [3.8, 4) is 5.00 Å². The van der Waals surface area contributed by atoms with Gasteiger partial charge in [0.15, 0.2) is 0 Å². The van der Waals surface area contributed by atoms with E-state index < -0.39 is 0 Å². The minimum absolute atomic E-state index is 0.0868. The van der Waals surface area contributed by atoms with Crippen LogP contribution < -0.4 is 5.32 Å². The minimum atomic E-state index is -0.349. The highest BCUT2D eigenvalue weighted by Crippen LogP contribution is 2.44. The highest BCUT2D eigenvalue weighted by Gasteiger charge is 2.36. The first-order valence-electron chi connectivity index (χ1n) is 11.6. The molecule has 1 atom stereocenters. The maximum atomic E-state index is 14.2. The van der Waals surface area contributed by atoms with Crippen molar-refractivity contribution in [2.75, 3.05) is 6.54 Å². The van der Waals surface area contributed by atoms with Gasteiger partial charge in [-0.25, -0.2) is 9.18 Å². The van der Waals surface area contributed by atoms with Crippen LogP contribution in [-0.4, -0.2) is 22.0 Å². The molecule has 168 valence electrons. The third-order valence-corrected chi connectivity index (χ3v) is 7.94. The van der Waals surface area contributed by atoms with E-state index in [2.05, 4.69) is 36.0 Å². The van der Waals surface area contributed by atoms with Gasteiger partial charge in [0.2, 0.25) is 0 Å². The molecular formula is C26H30FN3OS. The molecule has 1 aliphatic heterocycles. The molecule has 2 aromatic heterocycles. The SMILES string of the molecule is CC(C)CCNC(=O)N1Cc2c(sc3c2CCCC3)-n2cccc2C1c1cccc(F)c1. The van der Waals surface area contributed by atoms with E-state index in [9.17, 15) is 9.18 Å². The number of benzene rings is 1. The summed E-state index contributed by atoms with van der Waals surface area (Å²) in [5.41, 5.74) is 4.50. The molecule has 0 saturated carbocycles. The van der Waals surface area contributed by atoms with Crippen molar-refractivity contribution in [3.05, 3.63) is 75.7 Å². The monoisotopic (exact) mass is 451 g/mol. The van der Waals surface area contributed by atoms with Gasteiger partial charge in [-0.3, -0.25) is 0 Å². The summed E-state index contributed by atoms with van der Waals surface area (Å²) in [5, 5.41) is 4.36. The van der Waals surface area contributed by atoms with Crippen molar-refractivity contribution >= 4 is 17.4 Å². The molecule has 6 heteroatoms. The number of hydrogen-bond donors (Lipinski definition) is 1. The zero-order valence-electron chi connectivity index (χ0n) is 18.7. The predicted octanol–water partition coefficient (Wildman–Crippen LogP) is 6.22. The maximum Gasteiger partial charge on any atom is 0.318 e. The van der Waals surface area contributed by atoms with E-state index in [-0.39, 0.29) is 17.9 Å². The van der Waals surface area contributed by atoms with Gasteiger partial charge in [-0.2, -0.15) is 0 Å². The van der Waals surface area contributed by atoms with Gasteiger partial charge in [-0.15, -0.1) is 11.3 Å². The normalized spacial score (nSPS) is 17.5. The molecular weight excluding hydrogens is 421 g/mol. The van der Waals surface area contributed by atoms with Gasteiger partial charge >= 0.3 is 6.03 Å². The molecule has 4 nitrogen and oxygen atoms in total. The summed E-state index contributed by atoms with van der Waals surface area (Å²) in [7, 11) is 0. The zero-order valence-corrected chi connectivity index (χ0v) is 19.6. The zero-order chi connectivity index (χ0) is 22.2. The van der Waals surface area contributed by atoms with E-state index >= 15 is 0 Å². The van der Waals surface area contributed by atoms with Gasteiger partial charge in [0, 0.05) is 23.2 Å². The first-order valence-corrected chi connectivity index (χ1v) is 12.5. The molecule has 0 bridgehead atoms. The Morgan fingerprint density at radius 2 is 2.03 bits per heavy atom. The number of aryl methyl sites for hydroxylation is 1. The number of aromatic nitrogens is 1. The molecule has 0 fully saturated rings. The number of fused-ring (bicyclic) bond motifs is 5. The number of hydrogen-bond acceptors (Lipinski definition) is 2. The van der Waals surface area contributed by atoms with Gasteiger partial charge in [-0.05, 0) is 73.4 Å². The minimum Gasteiger partial charge on any atom is -0.338 e. The summed E-state index contributed by atoms with van der Waals surface area (Å²) in [6, 6.07) is 10.3. The van der Waals surface area contributed by atoms with Crippen LogP contribution >= 0.6 is 11.3 Å². The highest BCUT2D eigenvalue weighted by atomic mass is 32.1. The number of urea groups is 1. The second kappa shape index (κ2) is 8.74. The molecule has 32 heavy (non-hydrogen) atoms. The quantitative estimate of drug-likeness (QED) is 0.502. The lowest BCUT2D eigenvalue weighted by Gasteiger charge is -2.31. The van der Waals surface area contributed by atoms with E-state index in [4.69, 9.17) is 0 Å². The van der Waals surface area contributed by atoms with Crippen molar-refractivity contribution < 1.29 is 9.18 Å². The van der Waals surface area contributed by atoms with Crippen LogP contribution in [0.5, 0.6) is 0 Å².